The number of hydrogen-bond donors (Lipinski definition) is 1. The van der Waals surface area contributed by atoms with Crippen LogP contribution in [0.2, 0.25) is 0 Å². The van der Waals surface area contributed by atoms with Crippen molar-refractivity contribution in [1.29, 1.82) is 0 Å². The number of anilines is 1. The minimum atomic E-state index is -0.371. The van der Waals surface area contributed by atoms with Crippen LogP contribution in [0.3, 0.4) is 0 Å². The number of hydrogen-bond acceptors (Lipinski definition) is 5. The number of piperidine rings is 1. The van der Waals surface area contributed by atoms with Gasteiger partial charge in [0.25, 0.3) is 5.91 Å². The number of amides is 2. The molecule has 31 heavy (non-hydrogen) atoms. The second kappa shape index (κ2) is 9.07. The molecule has 0 spiro atoms. The first kappa shape index (κ1) is 20.7. The maximum Gasteiger partial charge on any atom is 0.253 e. The Kier molecular flexibility index (Phi) is 6.06. The highest BCUT2D eigenvalue weighted by Crippen LogP contribution is 2.29. The van der Waals surface area contributed by atoms with E-state index in [1.165, 1.54) is 24.3 Å². The van der Waals surface area contributed by atoms with Gasteiger partial charge in [-0.2, -0.15) is 4.98 Å². The highest BCUT2D eigenvalue weighted by atomic mass is 19.1. The molecule has 1 aliphatic rings. The standard InChI is InChI=1S/C23H23FN4O3/c1-2-20(29)25-19-7-3-5-16(13-19)21-26-22(31-27-21)17-6-4-12-28(14-17)23(30)15-8-10-18(24)11-9-15/h3,5,7-11,13,17H,2,4,6,12,14H2,1H3,(H,25,29)/t17-/m1/s1. The zero-order valence-corrected chi connectivity index (χ0v) is 17.2. The first-order chi connectivity index (χ1) is 15.0. The molecule has 3 aromatic rings. The number of carbonyl (C=O) groups is 2. The van der Waals surface area contributed by atoms with E-state index in [-0.39, 0.29) is 23.5 Å². The highest BCUT2D eigenvalue weighted by molar-refractivity contribution is 5.94. The molecule has 0 aliphatic carbocycles. The lowest BCUT2D eigenvalue weighted by Crippen LogP contribution is -2.39. The summed E-state index contributed by atoms with van der Waals surface area (Å²) in [4.78, 5) is 30.7. The van der Waals surface area contributed by atoms with Gasteiger partial charge in [-0.25, -0.2) is 4.39 Å². The Morgan fingerprint density at radius 3 is 2.81 bits per heavy atom. The van der Waals surface area contributed by atoms with Crippen LogP contribution in [0.1, 0.15) is 48.4 Å². The van der Waals surface area contributed by atoms with Crippen molar-refractivity contribution in [3.8, 4) is 11.4 Å². The van der Waals surface area contributed by atoms with Crippen molar-refractivity contribution in [2.75, 3.05) is 18.4 Å². The minimum Gasteiger partial charge on any atom is -0.339 e. The van der Waals surface area contributed by atoms with Crippen LogP contribution in [0.25, 0.3) is 11.4 Å². The van der Waals surface area contributed by atoms with Gasteiger partial charge in [0.2, 0.25) is 17.6 Å². The Morgan fingerprint density at radius 2 is 2.03 bits per heavy atom. The lowest BCUT2D eigenvalue weighted by molar-refractivity contribution is -0.115. The molecule has 1 atom stereocenters. The summed E-state index contributed by atoms with van der Waals surface area (Å²) in [6.45, 7) is 2.89. The van der Waals surface area contributed by atoms with Gasteiger partial charge in [0, 0.05) is 36.3 Å². The van der Waals surface area contributed by atoms with Gasteiger partial charge in [-0.15, -0.1) is 0 Å². The largest absolute Gasteiger partial charge is 0.339 e. The van der Waals surface area contributed by atoms with E-state index in [0.717, 1.165) is 18.4 Å². The van der Waals surface area contributed by atoms with Crippen molar-refractivity contribution in [2.45, 2.75) is 32.1 Å². The molecule has 7 nitrogen and oxygen atoms in total. The molecule has 2 heterocycles. The molecule has 8 heteroatoms. The fourth-order valence-corrected chi connectivity index (χ4v) is 3.64. The van der Waals surface area contributed by atoms with E-state index in [2.05, 4.69) is 15.5 Å². The maximum atomic E-state index is 13.2. The molecule has 4 rings (SSSR count). The summed E-state index contributed by atoms with van der Waals surface area (Å²) in [7, 11) is 0. The fraction of sp³-hybridized carbons (Fsp3) is 0.304. The van der Waals surface area contributed by atoms with Crippen LogP contribution in [-0.4, -0.2) is 39.9 Å². The van der Waals surface area contributed by atoms with Crippen molar-refractivity contribution in [2.24, 2.45) is 0 Å². The number of likely N-dealkylation sites (tertiary alicyclic amines) is 1. The lowest BCUT2D eigenvalue weighted by Gasteiger charge is -2.31. The predicted molar refractivity (Wildman–Crippen MR) is 113 cm³/mol. The molecule has 2 aromatic carbocycles. The van der Waals surface area contributed by atoms with Gasteiger partial charge in [0.15, 0.2) is 0 Å². The summed E-state index contributed by atoms with van der Waals surface area (Å²) < 4.78 is 18.7. The van der Waals surface area contributed by atoms with E-state index in [9.17, 15) is 14.0 Å². The molecule has 1 aliphatic heterocycles. The highest BCUT2D eigenvalue weighted by Gasteiger charge is 2.29. The van der Waals surface area contributed by atoms with Gasteiger partial charge in [-0.05, 0) is 49.2 Å². The van der Waals surface area contributed by atoms with Crippen LogP contribution in [0.5, 0.6) is 0 Å². The van der Waals surface area contributed by atoms with E-state index in [1.807, 2.05) is 12.1 Å². The minimum absolute atomic E-state index is 0.0672. The average Bonchev–Trinajstić information content (AvgIpc) is 3.30. The normalized spacial score (nSPS) is 16.2. The summed E-state index contributed by atoms with van der Waals surface area (Å²) in [5, 5.41) is 6.91. The van der Waals surface area contributed by atoms with Crippen LogP contribution < -0.4 is 5.32 Å². The van der Waals surface area contributed by atoms with Crippen molar-refractivity contribution in [1.82, 2.24) is 15.0 Å². The number of halogens is 1. The molecule has 0 unspecified atom stereocenters. The monoisotopic (exact) mass is 422 g/mol. The molecule has 0 saturated carbocycles. The van der Waals surface area contributed by atoms with Gasteiger partial charge in [0.05, 0.1) is 5.92 Å². The summed E-state index contributed by atoms with van der Waals surface area (Å²) in [5.74, 6) is 0.272. The molecule has 0 bridgehead atoms. The van der Waals surface area contributed by atoms with E-state index in [1.54, 1.807) is 24.0 Å². The lowest BCUT2D eigenvalue weighted by atomic mass is 9.97. The van der Waals surface area contributed by atoms with Gasteiger partial charge in [-0.3, -0.25) is 9.59 Å². The second-order valence-corrected chi connectivity index (χ2v) is 7.54. The molecule has 1 saturated heterocycles. The third-order valence-corrected chi connectivity index (χ3v) is 5.32. The topological polar surface area (TPSA) is 88.3 Å². The number of aromatic nitrogens is 2. The van der Waals surface area contributed by atoms with E-state index >= 15 is 0 Å². The third-order valence-electron chi connectivity index (χ3n) is 5.32. The first-order valence-electron chi connectivity index (χ1n) is 10.3. The molecule has 2 amide bonds. The van der Waals surface area contributed by atoms with Gasteiger partial charge in [0.1, 0.15) is 5.82 Å². The second-order valence-electron chi connectivity index (χ2n) is 7.54. The van der Waals surface area contributed by atoms with E-state index in [0.29, 0.717) is 42.5 Å². The number of nitrogens with one attached hydrogen (secondary N) is 1. The van der Waals surface area contributed by atoms with Crippen molar-refractivity contribution in [3.05, 3.63) is 65.8 Å². The number of benzene rings is 2. The van der Waals surface area contributed by atoms with Crippen LogP contribution in [0.15, 0.2) is 53.1 Å². The molecule has 1 aromatic heterocycles. The quantitative estimate of drug-likeness (QED) is 0.664. The van der Waals surface area contributed by atoms with E-state index in [4.69, 9.17) is 4.52 Å². The predicted octanol–water partition coefficient (Wildman–Crippen LogP) is 4.24. The van der Waals surface area contributed by atoms with Gasteiger partial charge >= 0.3 is 0 Å². The Hall–Kier alpha value is -3.55. The van der Waals surface area contributed by atoms with Gasteiger partial charge in [-0.1, -0.05) is 24.2 Å². The number of rotatable bonds is 5. The summed E-state index contributed by atoms with van der Waals surface area (Å²) >= 11 is 0. The van der Waals surface area contributed by atoms with E-state index < -0.39 is 0 Å². The summed E-state index contributed by atoms with van der Waals surface area (Å²) in [5.41, 5.74) is 1.86. The molecule has 1 N–H and O–H groups in total. The Morgan fingerprint density at radius 1 is 1.23 bits per heavy atom. The zero-order valence-electron chi connectivity index (χ0n) is 17.2. The third kappa shape index (κ3) is 4.79. The fourth-order valence-electron chi connectivity index (χ4n) is 3.64. The molecular weight excluding hydrogens is 399 g/mol. The van der Waals surface area contributed by atoms with Crippen molar-refractivity contribution in [3.63, 3.8) is 0 Å². The summed E-state index contributed by atoms with van der Waals surface area (Å²) in [6, 6.07) is 12.8. The van der Waals surface area contributed by atoms with Crippen LogP contribution in [0.4, 0.5) is 10.1 Å². The molecular formula is C23H23FN4O3. The maximum absolute atomic E-state index is 13.2. The van der Waals surface area contributed by atoms with Crippen LogP contribution >= 0.6 is 0 Å². The Bertz CT molecular complexity index is 1080. The van der Waals surface area contributed by atoms with Crippen molar-refractivity contribution < 1.29 is 18.5 Å². The van der Waals surface area contributed by atoms with Crippen molar-refractivity contribution >= 4 is 17.5 Å². The van der Waals surface area contributed by atoms with Gasteiger partial charge < -0.3 is 14.7 Å². The molecule has 1 fully saturated rings. The van der Waals surface area contributed by atoms with Crippen LogP contribution in [0, 0.1) is 5.82 Å². The zero-order chi connectivity index (χ0) is 21.8. The number of nitrogens with zero attached hydrogens (tertiary/aromatic N) is 3. The Balaban J connectivity index is 1.47. The Labute approximate surface area is 179 Å². The molecule has 160 valence electrons. The average molecular weight is 422 g/mol. The SMILES string of the molecule is CCC(=O)Nc1cccc(-c2noc([C@@H]3CCCN(C(=O)c4ccc(F)cc4)C3)n2)c1. The van der Waals surface area contributed by atoms with Crippen LogP contribution in [-0.2, 0) is 4.79 Å². The molecule has 0 radical (unpaired) electrons. The summed E-state index contributed by atoms with van der Waals surface area (Å²) in [6.07, 6.45) is 2.04. The first-order valence-corrected chi connectivity index (χ1v) is 10.3. The number of carbonyl (C=O) groups excluding carboxylic acids is 2. The smallest absolute Gasteiger partial charge is 0.253 e.